The lowest BCUT2D eigenvalue weighted by molar-refractivity contribution is -0.194. The number of alkyl halides is 3. The molecule has 2 aliphatic rings. The van der Waals surface area contributed by atoms with Crippen LogP contribution in [0.2, 0.25) is 0 Å². The standard InChI is InChI=1S/C21H22F3N5O5S2/c1-11(30)25-12-7-9-14(10-8-12)36(33,34)28-20(21(22,23)24)15-16(26-18(20)32)29(19(35)27-17(15)31)13-5-3-2-4-6-13/h7-10,13,28H,2-6H2,1H3,(H,25,30)(H,26,32)(H,27,31,35). The number of aromatic nitrogens is 2. The third-order valence-corrected chi connectivity index (χ3v) is 8.00. The number of benzene rings is 1. The van der Waals surface area contributed by atoms with Crippen molar-refractivity contribution in [2.75, 3.05) is 10.6 Å². The van der Waals surface area contributed by atoms with Gasteiger partial charge in [-0.25, -0.2) is 8.42 Å². The van der Waals surface area contributed by atoms with E-state index in [-0.39, 0.29) is 16.5 Å². The Kier molecular flexibility index (Phi) is 6.59. The smallest absolute Gasteiger partial charge is 0.326 e. The normalized spacial score (nSPS) is 20.6. The van der Waals surface area contributed by atoms with E-state index in [1.54, 1.807) is 0 Å². The zero-order valence-corrected chi connectivity index (χ0v) is 20.5. The summed E-state index contributed by atoms with van der Waals surface area (Å²) in [5, 5.41) is 4.49. The number of amides is 2. The van der Waals surface area contributed by atoms with Crippen molar-refractivity contribution in [2.24, 2.45) is 0 Å². The Labute approximate surface area is 208 Å². The minimum Gasteiger partial charge on any atom is -0.326 e. The van der Waals surface area contributed by atoms with E-state index in [0.29, 0.717) is 12.8 Å². The maximum atomic E-state index is 14.6. The number of rotatable bonds is 5. The van der Waals surface area contributed by atoms with Crippen LogP contribution in [-0.2, 0) is 25.2 Å². The summed E-state index contributed by atoms with van der Waals surface area (Å²) in [6, 6.07) is 3.89. The van der Waals surface area contributed by atoms with Gasteiger partial charge in [-0.3, -0.25) is 19.4 Å². The van der Waals surface area contributed by atoms with E-state index < -0.39 is 55.4 Å². The Morgan fingerprint density at radius 2 is 1.75 bits per heavy atom. The van der Waals surface area contributed by atoms with Gasteiger partial charge in [0.15, 0.2) is 4.77 Å². The van der Waals surface area contributed by atoms with Crippen molar-refractivity contribution < 1.29 is 31.2 Å². The summed E-state index contributed by atoms with van der Waals surface area (Å²) in [7, 11) is -5.00. The molecule has 0 bridgehead atoms. The molecule has 194 valence electrons. The van der Waals surface area contributed by atoms with Gasteiger partial charge in [0.25, 0.3) is 11.5 Å². The topological polar surface area (TPSA) is 142 Å². The fourth-order valence-electron chi connectivity index (χ4n) is 4.63. The van der Waals surface area contributed by atoms with E-state index in [1.165, 1.54) is 28.3 Å². The fourth-order valence-corrected chi connectivity index (χ4v) is 6.29. The third-order valence-electron chi connectivity index (χ3n) is 6.23. The predicted molar refractivity (Wildman–Crippen MR) is 125 cm³/mol. The number of halogens is 3. The average Bonchev–Trinajstić information content (AvgIpc) is 3.07. The number of hydrogen-bond donors (Lipinski definition) is 4. The largest absolute Gasteiger partial charge is 0.421 e. The fraction of sp³-hybridized carbons (Fsp3) is 0.429. The van der Waals surface area contributed by atoms with Crippen LogP contribution in [0.25, 0.3) is 0 Å². The summed E-state index contributed by atoms with van der Waals surface area (Å²) < 4.78 is 72.6. The van der Waals surface area contributed by atoms with Gasteiger partial charge in [-0.05, 0) is 49.3 Å². The molecule has 10 nitrogen and oxygen atoms in total. The molecule has 1 aliphatic heterocycles. The molecule has 36 heavy (non-hydrogen) atoms. The molecule has 1 atom stereocenters. The van der Waals surface area contributed by atoms with Gasteiger partial charge in [0.2, 0.25) is 21.5 Å². The van der Waals surface area contributed by atoms with E-state index in [4.69, 9.17) is 12.2 Å². The number of carbonyl (C=O) groups excluding carboxylic acids is 2. The molecule has 2 amide bonds. The number of carbonyl (C=O) groups is 2. The monoisotopic (exact) mass is 545 g/mol. The Hall–Kier alpha value is -3.04. The molecular weight excluding hydrogens is 523 g/mol. The van der Waals surface area contributed by atoms with Crippen LogP contribution in [0.3, 0.4) is 0 Å². The van der Waals surface area contributed by atoms with Gasteiger partial charge in [0.05, 0.1) is 10.5 Å². The number of nitrogens with one attached hydrogen (secondary N) is 4. The molecular formula is C21H22F3N5O5S2. The molecule has 2 aromatic rings. The number of nitrogens with zero attached hydrogens (tertiary/aromatic N) is 1. The second-order valence-corrected chi connectivity index (χ2v) is 10.7. The average molecular weight is 546 g/mol. The molecule has 1 unspecified atom stereocenters. The second-order valence-electron chi connectivity index (χ2n) is 8.66. The Morgan fingerprint density at radius 3 is 2.31 bits per heavy atom. The highest BCUT2D eigenvalue weighted by Crippen LogP contribution is 2.47. The number of aromatic amines is 1. The van der Waals surface area contributed by atoms with Crippen LogP contribution in [0.5, 0.6) is 0 Å². The number of anilines is 2. The first-order valence-electron chi connectivity index (χ1n) is 11.0. The zero-order valence-electron chi connectivity index (χ0n) is 18.9. The van der Waals surface area contributed by atoms with Crippen molar-refractivity contribution in [3.63, 3.8) is 0 Å². The van der Waals surface area contributed by atoms with Gasteiger partial charge < -0.3 is 15.2 Å². The van der Waals surface area contributed by atoms with E-state index >= 15 is 0 Å². The maximum Gasteiger partial charge on any atom is 0.421 e. The van der Waals surface area contributed by atoms with Gasteiger partial charge >= 0.3 is 6.18 Å². The van der Waals surface area contributed by atoms with Crippen LogP contribution in [0.15, 0.2) is 34.0 Å². The number of sulfonamides is 1. The van der Waals surface area contributed by atoms with Gasteiger partial charge in [0, 0.05) is 18.7 Å². The third kappa shape index (κ3) is 4.35. The van der Waals surface area contributed by atoms with Gasteiger partial charge in [-0.15, -0.1) is 0 Å². The summed E-state index contributed by atoms with van der Waals surface area (Å²) in [4.78, 5) is 38.6. The van der Waals surface area contributed by atoms with E-state index in [2.05, 4.69) is 15.6 Å². The van der Waals surface area contributed by atoms with Crippen LogP contribution in [0.1, 0.15) is 50.6 Å². The van der Waals surface area contributed by atoms with Crippen molar-refractivity contribution in [3.05, 3.63) is 45.0 Å². The van der Waals surface area contributed by atoms with Crippen molar-refractivity contribution in [1.82, 2.24) is 14.3 Å². The molecule has 1 fully saturated rings. The van der Waals surface area contributed by atoms with Crippen LogP contribution in [0, 0.1) is 4.77 Å². The lowest BCUT2D eigenvalue weighted by Gasteiger charge is -2.30. The van der Waals surface area contributed by atoms with Gasteiger partial charge in [0.1, 0.15) is 5.82 Å². The summed E-state index contributed by atoms with van der Waals surface area (Å²) in [5.41, 5.74) is -6.14. The Bertz CT molecular complexity index is 1440. The minimum atomic E-state index is -5.54. The first kappa shape index (κ1) is 26.0. The predicted octanol–water partition coefficient (Wildman–Crippen LogP) is 3.06. The summed E-state index contributed by atoms with van der Waals surface area (Å²) >= 11 is 5.20. The quantitative estimate of drug-likeness (QED) is 0.426. The Balaban J connectivity index is 1.87. The molecule has 0 spiro atoms. The summed E-state index contributed by atoms with van der Waals surface area (Å²) in [5.74, 6) is -2.67. The van der Waals surface area contributed by atoms with E-state index in [0.717, 1.165) is 31.4 Å². The first-order chi connectivity index (χ1) is 16.8. The molecule has 4 rings (SSSR count). The molecule has 1 saturated carbocycles. The van der Waals surface area contributed by atoms with E-state index in [9.17, 15) is 36.0 Å². The molecule has 2 heterocycles. The lowest BCUT2D eigenvalue weighted by Crippen LogP contribution is -2.61. The highest BCUT2D eigenvalue weighted by Gasteiger charge is 2.69. The number of hydrogen-bond acceptors (Lipinski definition) is 6. The van der Waals surface area contributed by atoms with E-state index in [1.807, 2.05) is 0 Å². The molecule has 15 heteroatoms. The van der Waals surface area contributed by atoms with Crippen LogP contribution in [0.4, 0.5) is 24.7 Å². The van der Waals surface area contributed by atoms with Crippen molar-refractivity contribution >= 4 is 45.6 Å². The van der Waals surface area contributed by atoms with Crippen molar-refractivity contribution in [1.29, 1.82) is 0 Å². The number of H-pyrrole nitrogens is 1. The molecule has 4 N–H and O–H groups in total. The van der Waals surface area contributed by atoms with Crippen LogP contribution < -0.4 is 20.9 Å². The molecule has 0 saturated heterocycles. The lowest BCUT2D eigenvalue weighted by atomic mass is 9.92. The minimum absolute atomic E-state index is 0.166. The van der Waals surface area contributed by atoms with Crippen molar-refractivity contribution in [2.45, 2.75) is 61.7 Å². The van der Waals surface area contributed by atoms with Crippen molar-refractivity contribution in [3.8, 4) is 0 Å². The molecule has 1 aromatic heterocycles. The van der Waals surface area contributed by atoms with Crippen LogP contribution in [-0.4, -0.2) is 36.0 Å². The summed E-state index contributed by atoms with van der Waals surface area (Å²) in [6.07, 6.45) is -1.93. The second kappa shape index (κ2) is 9.12. The number of fused-ring (bicyclic) bond motifs is 1. The highest BCUT2D eigenvalue weighted by atomic mass is 32.2. The Morgan fingerprint density at radius 1 is 1.14 bits per heavy atom. The highest BCUT2D eigenvalue weighted by molar-refractivity contribution is 7.89. The molecule has 0 radical (unpaired) electrons. The molecule has 1 aliphatic carbocycles. The van der Waals surface area contributed by atoms with Gasteiger partial charge in [-0.2, -0.15) is 17.9 Å². The first-order valence-corrected chi connectivity index (χ1v) is 12.9. The SMILES string of the molecule is CC(=O)Nc1ccc(S(=O)(=O)NC2(C(F)(F)F)C(=O)Nc3c2c(=O)[nH]c(=S)n3C2CCCCC2)cc1. The molecule has 1 aromatic carbocycles. The zero-order chi connectivity index (χ0) is 26.5. The van der Waals surface area contributed by atoms with Gasteiger partial charge in [-0.1, -0.05) is 19.3 Å². The summed E-state index contributed by atoms with van der Waals surface area (Å²) in [6.45, 7) is 1.22. The maximum absolute atomic E-state index is 14.6. The van der Waals surface area contributed by atoms with Crippen LogP contribution >= 0.6 is 12.2 Å².